The highest BCUT2D eigenvalue weighted by molar-refractivity contribution is 6.13. The molecule has 7 aromatic rings. The minimum Gasteiger partial charge on any atom is -0.508 e. The van der Waals surface area contributed by atoms with Crippen molar-refractivity contribution in [2.45, 2.75) is 13.8 Å². The molecule has 0 saturated carbocycles. The van der Waals surface area contributed by atoms with Gasteiger partial charge in [-0.15, -0.1) is 0 Å². The van der Waals surface area contributed by atoms with Crippen molar-refractivity contribution in [2.24, 2.45) is 0 Å². The Morgan fingerprint density at radius 1 is 0.542 bits per heavy atom. The predicted octanol–water partition coefficient (Wildman–Crippen LogP) is 12.3. The Morgan fingerprint density at radius 3 is 1.40 bits per heavy atom. The average molecular weight is 624 g/mol. The third kappa shape index (κ3) is 5.14. The molecule has 0 aliphatic carbocycles. The summed E-state index contributed by atoms with van der Waals surface area (Å²) in [5, 5.41) is 14.9. The van der Waals surface area contributed by atoms with Crippen molar-refractivity contribution in [3.63, 3.8) is 0 Å². The molecule has 0 bridgehead atoms. The Morgan fingerprint density at radius 2 is 0.958 bits per heavy atom. The van der Waals surface area contributed by atoms with Crippen LogP contribution in [0.4, 0.5) is 17.1 Å². The lowest BCUT2D eigenvalue weighted by Crippen LogP contribution is -2.10. The predicted molar refractivity (Wildman–Crippen MR) is 207 cm³/mol. The van der Waals surface area contributed by atoms with Gasteiger partial charge >= 0.3 is 0 Å². The fraction of sp³-hybridized carbons (Fsp3) is 0.0455. The summed E-state index contributed by atoms with van der Waals surface area (Å²) in [6, 6.07) is 37.8. The van der Waals surface area contributed by atoms with Gasteiger partial charge in [-0.3, -0.25) is 0 Å². The number of hydrogen-bond acceptors (Lipinski definition) is 2. The van der Waals surface area contributed by atoms with Crippen molar-refractivity contribution >= 4 is 72.1 Å². The monoisotopic (exact) mass is 623 g/mol. The third-order valence-corrected chi connectivity index (χ3v) is 8.71. The molecule has 1 N–H and O–H groups in total. The number of phenols is 1. The van der Waals surface area contributed by atoms with Gasteiger partial charge in [0.25, 0.3) is 0 Å². The normalized spacial score (nSPS) is 12.7. The number of fused-ring (bicyclic) bond motifs is 6. The van der Waals surface area contributed by atoms with E-state index < -0.39 is 0 Å². The molecule has 2 aromatic heterocycles. The molecule has 5 aromatic carbocycles. The Balaban J connectivity index is 1.49. The number of phenolic OH excluding ortho intramolecular Hbond substituents is 1. The van der Waals surface area contributed by atoms with Crippen molar-refractivity contribution in [2.75, 3.05) is 4.90 Å². The smallest absolute Gasteiger partial charge is 0.115 e. The van der Waals surface area contributed by atoms with E-state index in [9.17, 15) is 5.11 Å². The molecule has 0 radical (unpaired) electrons. The Labute approximate surface area is 281 Å². The Kier molecular flexibility index (Phi) is 8.14. The van der Waals surface area contributed by atoms with Gasteiger partial charge in [-0.05, 0) is 111 Å². The van der Waals surface area contributed by atoms with E-state index in [0.29, 0.717) is 0 Å². The summed E-state index contributed by atoms with van der Waals surface area (Å²) in [4.78, 5) is 2.26. The molecule has 0 aliphatic heterocycles. The Bertz CT molecular complexity index is 2310. The fourth-order valence-electron chi connectivity index (χ4n) is 6.80. The number of para-hydroxylation sites is 2. The van der Waals surface area contributed by atoms with Gasteiger partial charge < -0.3 is 19.1 Å². The molecule has 7 rings (SSSR count). The van der Waals surface area contributed by atoms with Crippen molar-refractivity contribution in [1.82, 2.24) is 9.13 Å². The lowest BCUT2D eigenvalue weighted by atomic mass is 10.1. The van der Waals surface area contributed by atoms with Crippen LogP contribution in [0.15, 0.2) is 171 Å². The number of nitrogens with zero attached hydrogens (tertiary/aromatic N) is 3. The van der Waals surface area contributed by atoms with Gasteiger partial charge in [0, 0.05) is 50.0 Å². The maximum Gasteiger partial charge on any atom is 0.115 e. The van der Waals surface area contributed by atoms with Gasteiger partial charge in [-0.25, -0.2) is 0 Å². The molecule has 0 saturated heterocycles. The van der Waals surface area contributed by atoms with E-state index in [4.69, 9.17) is 0 Å². The standard InChI is InChI=1S/C44H37N3O/c1-5-13-31(14-6-2)46-41-19-11-9-17-37(41)39-29-34(23-27-43(39)46)45(33-21-25-36(48)26-22-33)35-24-28-44-40(30-35)38-18-10-12-20-42(38)47(44)32(15-7-3)16-8-4/h5-30,48H,1,3H2,2,4H3/b14-6-,16-8-,31-13+,32-15+. The second-order valence-corrected chi connectivity index (χ2v) is 11.6. The molecule has 0 unspecified atom stereocenters. The van der Waals surface area contributed by atoms with Crippen LogP contribution in [0.2, 0.25) is 0 Å². The third-order valence-electron chi connectivity index (χ3n) is 8.71. The van der Waals surface area contributed by atoms with Crippen molar-refractivity contribution in [3.8, 4) is 5.75 Å². The van der Waals surface area contributed by atoms with Crippen LogP contribution < -0.4 is 4.90 Å². The summed E-state index contributed by atoms with van der Waals surface area (Å²) in [6.45, 7) is 12.0. The zero-order valence-corrected chi connectivity index (χ0v) is 27.2. The van der Waals surface area contributed by atoms with Gasteiger partial charge in [0.15, 0.2) is 0 Å². The van der Waals surface area contributed by atoms with Crippen molar-refractivity contribution in [1.29, 1.82) is 0 Å². The topological polar surface area (TPSA) is 33.3 Å². The van der Waals surface area contributed by atoms with Crippen molar-refractivity contribution in [3.05, 3.63) is 171 Å². The fourth-order valence-corrected chi connectivity index (χ4v) is 6.80. The van der Waals surface area contributed by atoms with Crippen LogP contribution >= 0.6 is 0 Å². The van der Waals surface area contributed by atoms with Crippen LogP contribution in [0.1, 0.15) is 13.8 Å². The zero-order valence-electron chi connectivity index (χ0n) is 27.2. The molecule has 234 valence electrons. The molecule has 0 aliphatic rings. The number of hydrogen-bond donors (Lipinski definition) is 1. The largest absolute Gasteiger partial charge is 0.508 e. The molecule has 0 atom stereocenters. The number of aromatic hydroxyl groups is 1. The minimum atomic E-state index is 0.228. The molecular weight excluding hydrogens is 587 g/mol. The molecule has 0 fully saturated rings. The summed E-state index contributed by atoms with van der Waals surface area (Å²) in [5.74, 6) is 0.228. The molecule has 48 heavy (non-hydrogen) atoms. The van der Waals surface area contributed by atoms with E-state index in [1.165, 1.54) is 10.8 Å². The molecule has 4 nitrogen and oxygen atoms in total. The van der Waals surface area contributed by atoms with Crippen LogP contribution in [0.5, 0.6) is 5.75 Å². The lowest BCUT2D eigenvalue weighted by Gasteiger charge is -2.26. The number of allylic oxidation sites excluding steroid dienone is 10. The number of aromatic nitrogens is 2. The molecule has 4 heteroatoms. The van der Waals surface area contributed by atoms with E-state index >= 15 is 0 Å². The van der Waals surface area contributed by atoms with E-state index in [2.05, 4.69) is 136 Å². The maximum atomic E-state index is 10.2. The molecule has 2 heterocycles. The molecule has 0 spiro atoms. The summed E-state index contributed by atoms with van der Waals surface area (Å²) in [7, 11) is 0. The second kappa shape index (κ2) is 12.9. The maximum absolute atomic E-state index is 10.2. The van der Waals surface area contributed by atoms with Crippen LogP contribution in [-0.4, -0.2) is 14.2 Å². The van der Waals surface area contributed by atoms with Gasteiger partial charge in [0.05, 0.1) is 22.1 Å². The summed E-state index contributed by atoms with van der Waals surface area (Å²) >= 11 is 0. The van der Waals surface area contributed by atoms with Crippen molar-refractivity contribution < 1.29 is 5.11 Å². The summed E-state index contributed by atoms with van der Waals surface area (Å²) in [6.07, 6.45) is 16.1. The van der Waals surface area contributed by atoms with Gasteiger partial charge in [0.1, 0.15) is 5.75 Å². The number of rotatable bonds is 9. The van der Waals surface area contributed by atoms with Crippen LogP contribution in [-0.2, 0) is 0 Å². The van der Waals surface area contributed by atoms with E-state index in [1.54, 1.807) is 12.1 Å². The number of benzene rings is 5. The minimum absolute atomic E-state index is 0.228. The first-order valence-corrected chi connectivity index (χ1v) is 16.1. The first kappa shape index (κ1) is 30.4. The number of anilines is 3. The van der Waals surface area contributed by atoms with Crippen LogP contribution in [0.25, 0.3) is 55.0 Å². The summed E-state index contributed by atoms with van der Waals surface area (Å²) < 4.78 is 4.59. The van der Waals surface area contributed by atoms with E-state index in [0.717, 1.165) is 61.3 Å². The molecule has 0 amide bonds. The second-order valence-electron chi connectivity index (χ2n) is 11.6. The average Bonchev–Trinajstić information content (AvgIpc) is 3.61. The summed E-state index contributed by atoms with van der Waals surface area (Å²) in [5.41, 5.74) is 9.55. The quantitative estimate of drug-likeness (QED) is 0.162. The van der Waals surface area contributed by atoms with Gasteiger partial charge in [-0.1, -0.05) is 73.9 Å². The first-order valence-electron chi connectivity index (χ1n) is 16.1. The zero-order chi connectivity index (χ0) is 33.2. The van der Waals surface area contributed by atoms with Crippen LogP contribution in [0, 0.1) is 0 Å². The van der Waals surface area contributed by atoms with E-state index in [1.807, 2.05) is 50.3 Å². The van der Waals surface area contributed by atoms with E-state index in [-0.39, 0.29) is 5.75 Å². The van der Waals surface area contributed by atoms with Gasteiger partial charge in [-0.2, -0.15) is 0 Å². The lowest BCUT2D eigenvalue weighted by molar-refractivity contribution is 0.475. The molecular formula is C44H37N3O. The van der Waals surface area contributed by atoms with Gasteiger partial charge in [0.2, 0.25) is 0 Å². The highest BCUT2D eigenvalue weighted by Gasteiger charge is 2.20. The highest BCUT2D eigenvalue weighted by atomic mass is 16.3. The Hall–Kier alpha value is -6.26. The van der Waals surface area contributed by atoms with Crippen LogP contribution in [0.3, 0.4) is 0 Å². The first-order chi connectivity index (χ1) is 23.6. The highest BCUT2D eigenvalue weighted by Crippen LogP contribution is 2.42. The SMILES string of the molecule is C=C/C=C(\C=C/C)n1c2ccccc2c2cc(N(c3ccc(O)cc3)c3ccc4c(c3)c3ccccc3n4C(/C=C\C)=C/C=C)ccc21.